The topological polar surface area (TPSA) is 69.3 Å². The van der Waals surface area contributed by atoms with Crippen molar-refractivity contribution < 1.29 is 9.53 Å². The summed E-state index contributed by atoms with van der Waals surface area (Å²) < 4.78 is 7.01. The lowest BCUT2D eigenvalue weighted by atomic mass is 10.1. The number of hydrogen-bond acceptors (Lipinski definition) is 3. The fourth-order valence-corrected chi connectivity index (χ4v) is 1.56. The Morgan fingerprint density at radius 1 is 1.65 bits per heavy atom. The zero-order chi connectivity index (χ0) is 12.7. The van der Waals surface area contributed by atoms with Crippen LogP contribution in [0.15, 0.2) is 18.3 Å². The van der Waals surface area contributed by atoms with Crippen molar-refractivity contribution in [1.29, 1.82) is 0 Å². The van der Waals surface area contributed by atoms with Gasteiger partial charge in [-0.1, -0.05) is 6.92 Å². The van der Waals surface area contributed by atoms with Crippen LogP contribution >= 0.6 is 0 Å². The molecule has 1 heterocycles. The van der Waals surface area contributed by atoms with Crippen LogP contribution in [0.1, 0.15) is 12.6 Å². The normalized spacial score (nSPS) is 12.6. The van der Waals surface area contributed by atoms with Gasteiger partial charge in [-0.05, 0) is 12.1 Å². The molecule has 0 aliphatic rings. The largest absolute Gasteiger partial charge is 0.383 e. The second kappa shape index (κ2) is 7.09. The Balaban J connectivity index is 2.45. The molecule has 5 heteroatoms. The fraction of sp³-hybridized carbons (Fsp3) is 0.583. The number of nitrogens with zero attached hydrogens (tertiary/aromatic N) is 1. The molecule has 0 saturated carbocycles. The second-order valence-electron chi connectivity index (χ2n) is 4.12. The Kier molecular flexibility index (Phi) is 5.72. The summed E-state index contributed by atoms with van der Waals surface area (Å²) >= 11 is 0. The molecule has 1 amide bonds. The van der Waals surface area contributed by atoms with Crippen molar-refractivity contribution in [2.75, 3.05) is 20.3 Å². The van der Waals surface area contributed by atoms with Crippen molar-refractivity contribution in [2.45, 2.75) is 20.0 Å². The SMILES string of the molecule is COCCNCc1cccn1CC(C)C(N)=O. The van der Waals surface area contributed by atoms with Crippen molar-refractivity contribution in [3.63, 3.8) is 0 Å². The molecule has 0 bridgehead atoms. The van der Waals surface area contributed by atoms with E-state index in [9.17, 15) is 4.79 Å². The monoisotopic (exact) mass is 239 g/mol. The summed E-state index contributed by atoms with van der Waals surface area (Å²) in [7, 11) is 1.68. The highest BCUT2D eigenvalue weighted by Crippen LogP contribution is 2.06. The van der Waals surface area contributed by atoms with Gasteiger partial charge in [-0.15, -0.1) is 0 Å². The van der Waals surface area contributed by atoms with Gasteiger partial charge in [-0.25, -0.2) is 0 Å². The molecule has 1 aromatic heterocycles. The van der Waals surface area contributed by atoms with Gasteiger partial charge < -0.3 is 20.4 Å². The molecule has 1 atom stereocenters. The van der Waals surface area contributed by atoms with Crippen LogP contribution in [0.5, 0.6) is 0 Å². The van der Waals surface area contributed by atoms with Crippen LogP contribution in [0.25, 0.3) is 0 Å². The second-order valence-corrected chi connectivity index (χ2v) is 4.12. The van der Waals surface area contributed by atoms with Crippen LogP contribution in [0, 0.1) is 5.92 Å². The zero-order valence-corrected chi connectivity index (χ0v) is 10.5. The van der Waals surface area contributed by atoms with Gasteiger partial charge in [-0.2, -0.15) is 0 Å². The minimum Gasteiger partial charge on any atom is -0.383 e. The average Bonchev–Trinajstić information content (AvgIpc) is 2.72. The number of ether oxygens (including phenoxy) is 1. The van der Waals surface area contributed by atoms with E-state index in [-0.39, 0.29) is 11.8 Å². The first-order valence-electron chi connectivity index (χ1n) is 5.78. The third-order valence-corrected chi connectivity index (χ3v) is 2.67. The highest BCUT2D eigenvalue weighted by atomic mass is 16.5. The number of nitrogens with two attached hydrogens (primary N) is 1. The predicted molar refractivity (Wildman–Crippen MR) is 66.4 cm³/mol. The molecule has 0 saturated heterocycles. The summed E-state index contributed by atoms with van der Waals surface area (Å²) in [6.45, 7) is 4.74. The summed E-state index contributed by atoms with van der Waals surface area (Å²) in [5.41, 5.74) is 6.41. The van der Waals surface area contributed by atoms with Crippen molar-refractivity contribution in [3.05, 3.63) is 24.0 Å². The zero-order valence-electron chi connectivity index (χ0n) is 10.5. The first-order valence-corrected chi connectivity index (χ1v) is 5.78. The van der Waals surface area contributed by atoms with Crippen molar-refractivity contribution >= 4 is 5.91 Å². The summed E-state index contributed by atoms with van der Waals surface area (Å²) in [6, 6.07) is 4.01. The van der Waals surface area contributed by atoms with Gasteiger partial charge >= 0.3 is 0 Å². The van der Waals surface area contributed by atoms with Gasteiger partial charge in [0.05, 0.1) is 12.5 Å². The van der Waals surface area contributed by atoms with Gasteiger partial charge in [0.1, 0.15) is 0 Å². The summed E-state index contributed by atoms with van der Waals surface area (Å²) in [4.78, 5) is 11.0. The third kappa shape index (κ3) is 4.58. The molecular weight excluding hydrogens is 218 g/mol. The Morgan fingerprint density at radius 2 is 2.41 bits per heavy atom. The summed E-state index contributed by atoms with van der Waals surface area (Å²) in [5, 5.41) is 3.27. The van der Waals surface area contributed by atoms with Gasteiger partial charge in [-0.3, -0.25) is 4.79 Å². The molecule has 5 nitrogen and oxygen atoms in total. The Hall–Kier alpha value is -1.33. The molecule has 0 radical (unpaired) electrons. The van der Waals surface area contributed by atoms with Gasteiger partial charge in [0.15, 0.2) is 0 Å². The molecule has 0 aliphatic carbocycles. The van der Waals surface area contributed by atoms with Crippen LogP contribution < -0.4 is 11.1 Å². The number of nitrogens with one attached hydrogen (secondary N) is 1. The molecule has 3 N–H and O–H groups in total. The first kappa shape index (κ1) is 13.7. The maximum absolute atomic E-state index is 11.0. The average molecular weight is 239 g/mol. The quantitative estimate of drug-likeness (QED) is 0.643. The maximum Gasteiger partial charge on any atom is 0.222 e. The molecule has 17 heavy (non-hydrogen) atoms. The molecule has 1 aromatic rings. The number of primary amides is 1. The van der Waals surface area contributed by atoms with E-state index >= 15 is 0 Å². The molecule has 96 valence electrons. The Labute approximate surface area is 102 Å². The fourth-order valence-electron chi connectivity index (χ4n) is 1.56. The Bertz CT molecular complexity index is 349. The van der Waals surface area contributed by atoms with Gasteiger partial charge in [0, 0.05) is 38.6 Å². The van der Waals surface area contributed by atoms with Crippen LogP contribution in [0.4, 0.5) is 0 Å². The van der Waals surface area contributed by atoms with E-state index in [1.807, 2.05) is 25.3 Å². The van der Waals surface area contributed by atoms with E-state index in [0.717, 1.165) is 18.8 Å². The number of hydrogen-bond donors (Lipinski definition) is 2. The van der Waals surface area contributed by atoms with Crippen LogP contribution in [-0.4, -0.2) is 30.7 Å². The number of carbonyl (C=O) groups is 1. The molecule has 0 aliphatic heterocycles. The van der Waals surface area contributed by atoms with E-state index in [1.54, 1.807) is 7.11 Å². The summed E-state index contributed by atoms with van der Waals surface area (Å²) in [6.07, 6.45) is 1.97. The summed E-state index contributed by atoms with van der Waals surface area (Å²) in [5.74, 6) is -0.419. The first-order chi connectivity index (χ1) is 8.15. The lowest BCUT2D eigenvalue weighted by Gasteiger charge is -2.13. The number of rotatable bonds is 8. The predicted octanol–water partition coefficient (Wildman–Crippen LogP) is 0.346. The molecular formula is C12H21N3O2. The van der Waals surface area contributed by atoms with E-state index in [2.05, 4.69) is 9.88 Å². The molecule has 1 rings (SSSR count). The standard InChI is InChI=1S/C12H21N3O2/c1-10(12(13)16)9-15-6-3-4-11(15)8-14-5-7-17-2/h3-4,6,10,14H,5,7-9H2,1-2H3,(H2,13,16). The molecule has 0 spiro atoms. The number of methoxy groups -OCH3 is 1. The number of amides is 1. The van der Waals surface area contributed by atoms with E-state index in [1.165, 1.54) is 0 Å². The number of aromatic nitrogens is 1. The minimum atomic E-state index is -0.267. The Morgan fingerprint density at radius 3 is 3.06 bits per heavy atom. The molecule has 1 unspecified atom stereocenters. The van der Waals surface area contributed by atoms with E-state index < -0.39 is 0 Å². The lowest BCUT2D eigenvalue weighted by molar-refractivity contribution is -0.121. The van der Waals surface area contributed by atoms with Crippen LogP contribution in [0.2, 0.25) is 0 Å². The minimum absolute atomic E-state index is 0.153. The molecule has 0 fully saturated rings. The van der Waals surface area contributed by atoms with Crippen molar-refractivity contribution in [3.8, 4) is 0 Å². The smallest absolute Gasteiger partial charge is 0.222 e. The van der Waals surface area contributed by atoms with Gasteiger partial charge in [0.2, 0.25) is 5.91 Å². The van der Waals surface area contributed by atoms with E-state index in [0.29, 0.717) is 13.2 Å². The van der Waals surface area contributed by atoms with E-state index in [4.69, 9.17) is 10.5 Å². The highest BCUT2D eigenvalue weighted by molar-refractivity contribution is 5.76. The van der Waals surface area contributed by atoms with Crippen LogP contribution in [0.3, 0.4) is 0 Å². The third-order valence-electron chi connectivity index (χ3n) is 2.67. The van der Waals surface area contributed by atoms with Crippen molar-refractivity contribution in [1.82, 2.24) is 9.88 Å². The molecule has 0 aromatic carbocycles. The lowest BCUT2D eigenvalue weighted by Crippen LogP contribution is -2.26. The van der Waals surface area contributed by atoms with Crippen molar-refractivity contribution in [2.24, 2.45) is 11.7 Å². The van der Waals surface area contributed by atoms with Crippen LogP contribution in [-0.2, 0) is 22.6 Å². The number of carbonyl (C=O) groups excluding carboxylic acids is 1. The highest BCUT2D eigenvalue weighted by Gasteiger charge is 2.10. The maximum atomic E-state index is 11.0. The van der Waals surface area contributed by atoms with Gasteiger partial charge in [0.25, 0.3) is 0 Å².